The second-order valence-electron chi connectivity index (χ2n) is 7.71. The van der Waals surface area contributed by atoms with Gasteiger partial charge in [-0.25, -0.2) is 12.7 Å². The minimum atomic E-state index is -3.60. The minimum absolute atomic E-state index is 0.131. The molecule has 0 radical (unpaired) electrons. The molecule has 0 spiro atoms. The molecule has 1 N–H and O–H groups in total. The fourth-order valence-electron chi connectivity index (χ4n) is 3.23. The zero-order valence-corrected chi connectivity index (χ0v) is 19.6. The summed E-state index contributed by atoms with van der Waals surface area (Å²) in [6.07, 6.45) is 0.131. The molecule has 0 unspecified atom stereocenters. The molecule has 32 heavy (non-hydrogen) atoms. The Hall–Kier alpha value is -3.16. The first-order valence-electron chi connectivity index (χ1n) is 10.3. The van der Waals surface area contributed by atoms with Crippen LogP contribution >= 0.6 is 0 Å². The summed E-state index contributed by atoms with van der Waals surface area (Å²) in [7, 11) is -0.642. The standard InChI is InChI=1S/C25H28N2O4S/c1-18-16-21(32(29,30)27(3)4)17-23(19(18)2)26-25(28)14-15-31-24-13-9-8-12-22(24)20-10-6-5-7-11-20/h5-13,16-17H,14-15H2,1-4H3,(H,26,28). The van der Waals surface area contributed by atoms with Gasteiger partial charge in [-0.05, 0) is 48.7 Å². The SMILES string of the molecule is Cc1cc(S(=O)(=O)N(C)C)cc(NC(=O)CCOc2ccccc2-c2ccccc2)c1C. The van der Waals surface area contributed by atoms with Crippen molar-refractivity contribution in [3.63, 3.8) is 0 Å². The maximum Gasteiger partial charge on any atom is 0.242 e. The zero-order valence-electron chi connectivity index (χ0n) is 18.8. The molecule has 0 aliphatic heterocycles. The van der Waals surface area contributed by atoms with Crippen LogP contribution in [0.3, 0.4) is 0 Å². The van der Waals surface area contributed by atoms with Crippen LogP contribution in [0.2, 0.25) is 0 Å². The molecular weight excluding hydrogens is 424 g/mol. The summed E-state index contributed by atoms with van der Waals surface area (Å²) in [4.78, 5) is 12.7. The van der Waals surface area contributed by atoms with Crippen LogP contribution in [0.1, 0.15) is 17.5 Å². The Morgan fingerprint density at radius 1 is 0.969 bits per heavy atom. The molecule has 0 saturated heterocycles. The van der Waals surface area contributed by atoms with Gasteiger partial charge in [-0.2, -0.15) is 0 Å². The van der Waals surface area contributed by atoms with Crippen LogP contribution in [0.15, 0.2) is 71.6 Å². The van der Waals surface area contributed by atoms with E-state index < -0.39 is 10.0 Å². The average molecular weight is 453 g/mol. The van der Waals surface area contributed by atoms with Gasteiger partial charge in [0.15, 0.2) is 0 Å². The third kappa shape index (κ3) is 5.36. The van der Waals surface area contributed by atoms with Gasteiger partial charge < -0.3 is 10.1 Å². The molecule has 3 aromatic carbocycles. The number of carbonyl (C=O) groups excluding carboxylic acids is 1. The Morgan fingerprint density at radius 2 is 1.62 bits per heavy atom. The van der Waals surface area contributed by atoms with Gasteiger partial charge >= 0.3 is 0 Å². The lowest BCUT2D eigenvalue weighted by Crippen LogP contribution is -2.23. The number of hydrogen-bond donors (Lipinski definition) is 1. The first kappa shape index (κ1) is 23.5. The maximum absolute atomic E-state index is 12.6. The quantitative estimate of drug-likeness (QED) is 0.541. The van der Waals surface area contributed by atoms with Crippen molar-refractivity contribution < 1.29 is 17.9 Å². The molecular formula is C25H28N2O4S. The molecule has 0 heterocycles. The number of ether oxygens (including phenoxy) is 1. The fraction of sp³-hybridized carbons (Fsp3) is 0.240. The van der Waals surface area contributed by atoms with Crippen molar-refractivity contribution in [2.24, 2.45) is 0 Å². The predicted octanol–water partition coefficient (Wildman–Crippen LogP) is 4.63. The van der Waals surface area contributed by atoms with E-state index in [1.54, 1.807) is 6.07 Å². The van der Waals surface area contributed by atoms with Crippen LogP contribution in [0, 0.1) is 13.8 Å². The molecule has 0 aliphatic rings. The lowest BCUT2D eigenvalue weighted by atomic mass is 10.1. The van der Waals surface area contributed by atoms with Crippen molar-refractivity contribution in [1.29, 1.82) is 0 Å². The van der Waals surface area contributed by atoms with E-state index in [0.717, 1.165) is 26.6 Å². The normalized spacial score (nSPS) is 11.4. The van der Waals surface area contributed by atoms with E-state index in [1.807, 2.05) is 68.4 Å². The van der Waals surface area contributed by atoms with E-state index in [9.17, 15) is 13.2 Å². The van der Waals surface area contributed by atoms with E-state index in [2.05, 4.69) is 5.32 Å². The zero-order chi connectivity index (χ0) is 23.3. The Morgan fingerprint density at radius 3 is 2.31 bits per heavy atom. The molecule has 1 amide bonds. The van der Waals surface area contributed by atoms with Crippen molar-refractivity contribution in [3.05, 3.63) is 77.9 Å². The van der Waals surface area contributed by atoms with Crippen molar-refractivity contribution in [2.75, 3.05) is 26.0 Å². The Kier molecular flexibility index (Phi) is 7.33. The van der Waals surface area contributed by atoms with E-state index >= 15 is 0 Å². The van der Waals surface area contributed by atoms with Gasteiger partial charge in [0.1, 0.15) is 5.75 Å². The predicted molar refractivity (Wildman–Crippen MR) is 127 cm³/mol. The van der Waals surface area contributed by atoms with E-state index in [1.165, 1.54) is 20.2 Å². The van der Waals surface area contributed by atoms with Gasteiger partial charge in [0.25, 0.3) is 0 Å². The molecule has 0 aromatic heterocycles. The first-order chi connectivity index (χ1) is 15.2. The highest BCUT2D eigenvalue weighted by atomic mass is 32.2. The molecule has 0 saturated carbocycles. The number of aryl methyl sites for hydroxylation is 1. The number of hydrogen-bond acceptors (Lipinski definition) is 4. The number of nitrogens with one attached hydrogen (secondary N) is 1. The molecule has 0 bridgehead atoms. The van der Waals surface area contributed by atoms with Gasteiger partial charge in [-0.15, -0.1) is 0 Å². The molecule has 3 rings (SSSR count). The van der Waals surface area contributed by atoms with Gasteiger partial charge in [0.2, 0.25) is 15.9 Å². The fourth-order valence-corrected chi connectivity index (χ4v) is 4.25. The smallest absolute Gasteiger partial charge is 0.242 e. The van der Waals surface area contributed by atoms with Gasteiger partial charge in [-0.1, -0.05) is 48.5 Å². The lowest BCUT2D eigenvalue weighted by molar-refractivity contribution is -0.116. The Labute approximate surface area is 189 Å². The third-order valence-corrected chi connectivity index (χ3v) is 7.04. The summed E-state index contributed by atoms with van der Waals surface area (Å²) in [6, 6.07) is 20.7. The summed E-state index contributed by atoms with van der Waals surface area (Å²) in [5.41, 5.74) is 4.10. The molecule has 0 atom stereocenters. The van der Waals surface area contributed by atoms with Crippen molar-refractivity contribution >= 4 is 21.6 Å². The van der Waals surface area contributed by atoms with Crippen LogP contribution < -0.4 is 10.1 Å². The molecule has 0 aliphatic carbocycles. The number of amides is 1. The van der Waals surface area contributed by atoms with Crippen molar-refractivity contribution in [3.8, 4) is 16.9 Å². The third-order valence-electron chi connectivity index (χ3n) is 5.25. The lowest BCUT2D eigenvalue weighted by Gasteiger charge is -2.16. The molecule has 0 fully saturated rings. The summed E-state index contributed by atoms with van der Waals surface area (Å²) < 4.78 is 32.1. The number of nitrogens with zero attached hydrogens (tertiary/aromatic N) is 1. The van der Waals surface area contributed by atoms with Crippen LogP contribution in [0.4, 0.5) is 5.69 Å². The molecule has 7 heteroatoms. The summed E-state index contributed by atoms with van der Waals surface area (Å²) >= 11 is 0. The van der Waals surface area contributed by atoms with Crippen LogP contribution in [-0.4, -0.2) is 39.3 Å². The van der Waals surface area contributed by atoms with Crippen LogP contribution in [-0.2, 0) is 14.8 Å². The second kappa shape index (κ2) is 9.97. The topological polar surface area (TPSA) is 75.7 Å². The summed E-state index contributed by atoms with van der Waals surface area (Å²) in [6.45, 7) is 3.87. The largest absolute Gasteiger partial charge is 0.492 e. The average Bonchev–Trinajstić information content (AvgIpc) is 2.77. The van der Waals surface area contributed by atoms with E-state index in [0.29, 0.717) is 11.4 Å². The number of carbonyl (C=O) groups is 1. The second-order valence-corrected chi connectivity index (χ2v) is 9.86. The van der Waals surface area contributed by atoms with Crippen molar-refractivity contribution in [1.82, 2.24) is 4.31 Å². The van der Waals surface area contributed by atoms with Gasteiger partial charge in [0.05, 0.1) is 17.9 Å². The van der Waals surface area contributed by atoms with E-state index in [-0.39, 0.29) is 23.8 Å². The highest BCUT2D eigenvalue weighted by molar-refractivity contribution is 7.89. The highest BCUT2D eigenvalue weighted by Crippen LogP contribution is 2.30. The Balaban J connectivity index is 1.69. The highest BCUT2D eigenvalue weighted by Gasteiger charge is 2.20. The molecule has 168 valence electrons. The monoisotopic (exact) mass is 452 g/mol. The molecule has 6 nitrogen and oxygen atoms in total. The van der Waals surface area contributed by atoms with Crippen molar-refractivity contribution in [2.45, 2.75) is 25.2 Å². The van der Waals surface area contributed by atoms with Gasteiger partial charge in [0, 0.05) is 25.3 Å². The number of para-hydroxylation sites is 1. The number of rotatable bonds is 8. The number of anilines is 1. The summed E-state index contributed by atoms with van der Waals surface area (Å²) in [5, 5.41) is 2.83. The Bertz CT molecular complexity index is 1210. The minimum Gasteiger partial charge on any atom is -0.492 e. The van der Waals surface area contributed by atoms with E-state index in [4.69, 9.17) is 4.74 Å². The van der Waals surface area contributed by atoms with Crippen LogP contribution in [0.5, 0.6) is 5.75 Å². The molecule has 3 aromatic rings. The van der Waals surface area contributed by atoms with Crippen LogP contribution in [0.25, 0.3) is 11.1 Å². The number of sulfonamides is 1. The number of benzene rings is 3. The maximum atomic E-state index is 12.6. The summed E-state index contributed by atoms with van der Waals surface area (Å²) in [5.74, 6) is 0.460. The first-order valence-corrected chi connectivity index (χ1v) is 11.7. The van der Waals surface area contributed by atoms with Gasteiger partial charge in [-0.3, -0.25) is 4.79 Å².